The van der Waals surface area contributed by atoms with E-state index in [4.69, 9.17) is 0 Å². The van der Waals surface area contributed by atoms with E-state index in [2.05, 4.69) is 0 Å². The molecule has 0 aliphatic heterocycles. The first-order valence-electron chi connectivity index (χ1n) is 4.84. The molecule has 0 saturated carbocycles. The normalized spacial score (nSPS) is 18.2. The highest BCUT2D eigenvalue weighted by Crippen LogP contribution is 2.55. The van der Waals surface area contributed by atoms with Crippen molar-refractivity contribution < 1.29 is 70.9 Å². The summed E-state index contributed by atoms with van der Waals surface area (Å²) < 4.78 is 169. The molecule has 0 aromatic carbocycles. The van der Waals surface area contributed by atoms with Gasteiger partial charge in [-0.25, -0.2) is 4.74 Å². The van der Waals surface area contributed by atoms with Crippen LogP contribution in [0.1, 0.15) is 0 Å². The van der Waals surface area contributed by atoms with Crippen LogP contribution in [0.4, 0.5) is 61.5 Å². The van der Waals surface area contributed by atoms with Crippen molar-refractivity contribution in [1.82, 2.24) is 0 Å². The van der Waals surface area contributed by atoms with Crippen LogP contribution in [-0.2, 0) is 9.47 Å². The van der Waals surface area contributed by atoms with Crippen LogP contribution in [0.25, 0.3) is 0 Å². The molecule has 0 amide bonds. The molecule has 0 radical (unpaired) electrons. The van der Waals surface area contributed by atoms with Crippen molar-refractivity contribution in [3.05, 3.63) is 0 Å². The molecular formula is C7F14I2O2. The van der Waals surface area contributed by atoms with Gasteiger partial charge in [0.2, 0.25) is 0 Å². The summed E-state index contributed by atoms with van der Waals surface area (Å²) in [5.74, 6) is -7.36. The van der Waals surface area contributed by atoms with Crippen LogP contribution in [0.3, 0.4) is 0 Å². The van der Waals surface area contributed by atoms with Crippen molar-refractivity contribution in [1.29, 1.82) is 0 Å². The predicted molar refractivity (Wildman–Crippen MR) is 64.8 cm³/mol. The van der Waals surface area contributed by atoms with E-state index in [1.54, 1.807) is 9.47 Å². The first-order chi connectivity index (χ1) is 10.4. The van der Waals surface area contributed by atoms with Crippen LogP contribution >= 0.6 is 45.2 Å². The van der Waals surface area contributed by atoms with Crippen LogP contribution in [0.15, 0.2) is 0 Å². The van der Waals surface area contributed by atoms with Gasteiger partial charge in [-0.15, -0.1) is 0 Å². The number of halogens is 16. The van der Waals surface area contributed by atoms with E-state index in [1.807, 2.05) is 0 Å². The summed E-state index contributed by atoms with van der Waals surface area (Å²) in [7, 11) is 0. The van der Waals surface area contributed by atoms with Gasteiger partial charge in [0.1, 0.15) is 0 Å². The van der Waals surface area contributed by atoms with E-state index in [0.29, 0.717) is 0 Å². The molecule has 0 aromatic rings. The summed E-state index contributed by atoms with van der Waals surface area (Å²) in [5.41, 5.74) is 0. The lowest BCUT2D eigenvalue weighted by atomic mass is 10.2. The minimum Gasteiger partial charge on any atom is -0.262 e. The Morgan fingerprint density at radius 3 is 0.960 bits per heavy atom. The van der Waals surface area contributed by atoms with Crippen molar-refractivity contribution in [3.8, 4) is 0 Å². The van der Waals surface area contributed by atoms with Crippen LogP contribution in [0.5, 0.6) is 0 Å². The van der Waals surface area contributed by atoms with Crippen molar-refractivity contribution in [2.24, 2.45) is 0 Å². The van der Waals surface area contributed by atoms with Gasteiger partial charge in [-0.3, -0.25) is 4.74 Å². The first-order valence-corrected chi connectivity index (χ1v) is 7.00. The zero-order valence-corrected chi connectivity index (χ0v) is 14.7. The van der Waals surface area contributed by atoms with Gasteiger partial charge in [0.15, 0.2) is 0 Å². The van der Waals surface area contributed by atoms with E-state index in [0.717, 1.165) is 0 Å². The minimum absolute atomic E-state index is 0.606. The van der Waals surface area contributed by atoms with Gasteiger partial charge in [-0.1, -0.05) is 0 Å². The Balaban J connectivity index is 6.13. The summed E-state index contributed by atoms with van der Waals surface area (Å²) in [6.07, 6.45) is -27.9. The van der Waals surface area contributed by atoms with Gasteiger partial charge in [-0.05, 0) is 0 Å². The lowest BCUT2D eigenvalue weighted by Gasteiger charge is -2.38. The Bertz CT molecular complexity index is 479. The molecule has 0 spiro atoms. The van der Waals surface area contributed by atoms with Crippen molar-refractivity contribution in [3.63, 3.8) is 0 Å². The highest BCUT2D eigenvalue weighted by atomic mass is 127. The summed E-state index contributed by atoms with van der Waals surface area (Å²) in [6, 6.07) is 0. The second kappa shape index (κ2) is 6.78. The molecular weight excluding hydrogens is 636 g/mol. The summed E-state index contributed by atoms with van der Waals surface area (Å²) in [6.45, 7) is 0. The van der Waals surface area contributed by atoms with Crippen molar-refractivity contribution in [2.75, 3.05) is 0 Å². The molecule has 0 N–H and O–H groups in total. The van der Waals surface area contributed by atoms with Crippen LogP contribution in [-0.4, -0.2) is 38.2 Å². The van der Waals surface area contributed by atoms with Gasteiger partial charge in [-0.2, -0.15) is 61.5 Å². The number of rotatable bonds is 7. The summed E-state index contributed by atoms with van der Waals surface area (Å²) in [4.78, 5) is 0. The smallest absolute Gasteiger partial charge is 0.262 e. The number of hydrogen-bond donors (Lipinski definition) is 0. The Hall–Kier alpha value is 0.400. The molecule has 0 aliphatic rings. The fraction of sp³-hybridized carbons (Fsp3) is 1.00. The molecule has 0 aromatic heterocycles. The molecule has 0 saturated heterocycles. The molecule has 1 atom stereocenters. The standard InChI is InChI=1S/C7F14I2O2/c8-1(2(9,10)11,24-6(18,19)3(12,13)22)5(16,17)25-7(20,21)4(14,15)23. The first kappa shape index (κ1) is 25.4. The third-order valence-corrected chi connectivity index (χ3v) is 3.18. The van der Waals surface area contributed by atoms with Crippen LogP contribution < -0.4 is 0 Å². The van der Waals surface area contributed by atoms with E-state index >= 15 is 0 Å². The molecule has 152 valence electrons. The van der Waals surface area contributed by atoms with E-state index in [-0.39, 0.29) is 0 Å². The van der Waals surface area contributed by atoms with E-state index < -0.39 is 83.4 Å². The fourth-order valence-corrected chi connectivity index (χ4v) is 1.02. The average molecular weight is 636 g/mol. The van der Waals surface area contributed by atoms with Gasteiger partial charge in [0, 0.05) is 45.2 Å². The molecule has 0 bridgehead atoms. The predicted octanol–water partition coefficient (Wildman–Crippen LogP) is 6.08. The van der Waals surface area contributed by atoms with E-state index in [9.17, 15) is 61.5 Å². The molecule has 0 heterocycles. The van der Waals surface area contributed by atoms with E-state index in [1.165, 1.54) is 0 Å². The topological polar surface area (TPSA) is 18.5 Å². The highest BCUT2D eigenvalue weighted by molar-refractivity contribution is 14.1. The maximum absolute atomic E-state index is 13.4. The molecule has 0 aliphatic carbocycles. The lowest BCUT2D eigenvalue weighted by molar-refractivity contribution is -0.539. The third kappa shape index (κ3) is 5.23. The monoisotopic (exact) mass is 636 g/mol. The fourth-order valence-electron chi connectivity index (χ4n) is 0.801. The minimum atomic E-state index is -7.40. The van der Waals surface area contributed by atoms with Crippen molar-refractivity contribution in [2.45, 2.75) is 38.2 Å². The second-order valence-electron chi connectivity index (χ2n) is 3.84. The molecule has 0 rings (SSSR count). The SMILES string of the molecule is FC(F)(F)C(F)(OC(F)(F)C(F)(F)I)C(F)(F)OC(F)(F)C(F)(F)I. The summed E-state index contributed by atoms with van der Waals surface area (Å²) in [5, 5.41) is 0. The lowest BCUT2D eigenvalue weighted by Crippen LogP contribution is -2.64. The highest BCUT2D eigenvalue weighted by Gasteiger charge is 2.82. The van der Waals surface area contributed by atoms with Crippen molar-refractivity contribution >= 4 is 45.2 Å². The Kier molecular flexibility index (Phi) is 6.89. The molecule has 1 unspecified atom stereocenters. The Morgan fingerprint density at radius 2 is 0.720 bits per heavy atom. The summed E-state index contributed by atoms with van der Waals surface area (Å²) >= 11 is -1.25. The number of alkyl halides is 16. The van der Waals surface area contributed by atoms with Gasteiger partial charge < -0.3 is 0 Å². The Morgan fingerprint density at radius 1 is 0.440 bits per heavy atom. The van der Waals surface area contributed by atoms with Gasteiger partial charge in [0.25, 0.3) is 0 Å². The maximum Gasteiger partial charge on any atom is 0.458 e. The van der Waals surface area contributed by atoms with Crippen LogP contribution in [0.2, 0.25) is 0 Å². The third-order valence-electron chi connectivity index (χ3n) is 1.92. The average Bonchev–Trinajstić information content (AvgIpc) is 2.21. The second-order valence-corrected chi connectivity index (χ2v) is 6.55. The molecule has 0 fully saturated rings. The molecule has 18 heteroatoms. The van der Waals surface area contributed by atoms with Gasteiger partial charge >= 0.3 is 38.2 Å². The van der Waals surface area contributed by atoms with Gasteiger partial charge in [0.05, 0.1) is 0 Å². The zero-order valence-electron chi connectivity index (χ0n) is 10.4. The zero-order chi connectivity index (χ0) is 20.9. The molecule has 2 nitrogen and oxygen atoms in total. The molecule has 25 heavy (non-hydrogen) atoms. The number of hydrogen-bond acceptors (Lipinski definition) is 2. The Labute approximate surface area is 154 Å². The quantitative estimate of drug-likeness (QED) is 0.192. The maximum atomic E-state index is 13.4. The van der Waals surface area contributed by atoms with Crippen LogP contribution in [0, 0.1) is 0 Å². The number of ether oxygens (including phenoxy) is 2. The largest absolute Gasteiger partial charge is 0.458 e.